The van der Waals surface area contributed by atoms with Crippen LogP contribution in [-0.4, -0.2) is 47.8 Å². The molecule has 0 aromatic carbocycles. The standard InChI is InChI=1S/C11H15BrO7/c1-5(13)16-4-8-9(17-6(2)14)10(11(12)19-8)18-7(3)15/h8-11H,4H2,1-3H3/t8-,9-,10+,11-/m1/s1. The normalized spacial score (nSPS) is 29.7. The Hall–Kier alpha value is -1.15. The van der Waals surface area contributed by atoms with E-state index in [0.29, 0.717) is 0 Å². The van der Waals surface area contributed by atoms with Crippen LogP contribution in [0.4, 0.5) is 0 Å². The van der Waals surface area contributed by atoms with E-state index >= 15 is 0 Å². The maximum absolute atomic E-state index is 11.1. The zero-order valence-corrected chi connectivity index (χ0v) is 12.3. The number of alkyl halides is 1. The van der Waals surface area contributed by atoms with Gasteiger partial charge in [0, 0.05) is 20.8 Å². The molecule has 1 rings (SSSR count). The lowest BCUT2D eigenvalue weighted by Crippen LogP contribution is -2.40. The molecule has 0 N–H and O–H groups in total. The van der Waals surface area contributed by atoms with Crippen molar-refractivity contribution in [2.75, 3.05) is 6.61 Å². The minimum Gasteiger partial charge on any atom is -0.463 e. The zero-order chi connectivity index (χ0) is 14.6. The van der Waals surface area contributed by atoms with Gasteiger partial charge in [-0.3, -0.25) is 14.4 Å². The van der Waals surface area contributed by atoms with Crippen LogP contribution in [0.2, 0.25) is 0 Å². The van der Waals surface area contributed by atoms with Gasteiger partial charge in [-0.1, -0.05) is 15.9 Å². The minimum absolute atomic E-state index is 0.0901. The molecule has 1 fully saturated rings. The number of halogens is 1. The van der Waals surface area contributed by atoms with Crippen molar-refractivity contribution in [1.29, 1.82) is 0 Å². The fourth-order valence-electron chi connectivity index (χ4n) is 1.66. The average Bonchev–Trinajstić information content (AvgIpc) is 2.53. The summed E-state index contributed by atoms with van der Waals surface area (Å²) in [5.74, 6) is -1.55. The molecule has 19 heavy (non-hydrogen) atoms. The zero-order valence-electron chi connectivity index (χ0n) is 10.8. The van der Waals surface area contributed by atoms with E-state index < -0.39 is 41.2 Å². The molecule has 108 valence electrons. The van der Waals surface area contributed by atoms with Crippen molar-refractivity contribution in [1.82, 2.24) is 0 Å². The van der Waals surface area contributed by atoms with Gasteiger partial charge in [-0.25, -0.2) is 0 Å². The predicted octanol–water partition coefficient (Wildman–Crippen LogP) is 0.533. The topological polar surface area (TPSA) is 88.1 Å². The summed E-state index contributed by atoms with van der Waals surface area (Å²) >= 11 is 3.18. The third kappa shape index (κ3) is 4.79. The van der Waals surface area contributed by atoms with Crippen molar-refractivity contribution in [2.24, 2.45) is 0 Å². The lowest BCUT2D eigenvalue weighted by atomic mass is 10.1. The van der Waals surface area contributed by atoms with E-state index in [9.17, 15) is 14.4 Å². The highest BCUT2D eigenvalue weighted by molar-refractivity contribution is 9.09. The Kier molecular flexibility index (Phi) is 5.74. The van der Waals surface area contributed by atoms with Gasteiger partial charge in [-0.05, 0) is 0 Å². The number of ether oxygens (including phenoxy) is 4. The molecular weight excluding hydrogens is 324 g/mol. The molecule has 0 amide bonds. The molecule has 0 spiro atoms. The summed E-state index contributed by atoms with van der Waals surface area (Å²) < 4.78 is 20.4. The van der Waals surface area contributed by atoms with E-state index in [0.717, 1.165) is 0 Å². The second-order valence-corrected chi connectivity index (χ2v) is 4.88. The number of esters is 3. The number of carbonyl (C=O) groups excluding carboxylic acids is 3. The van der Waals surface area contributed by atoms with E-state index in [1.807, 2.05) is 0 Å². The summed E-state index contributed by atoms with van der Waals surface area (Å²) in [4.78, 5) is 32.9. The van der Waals surface area contributed by atoms with Crippen molar-refractivity contribution in [3.05, 3.63) is 0 Å². The lowest BCUT2D eigenvalue weighted by Gasteiger charge is -2.22. The highest BCUT2D eigenvalue weighted by atomic mass is 79.9. The molecule has 0 radical (unpaired) electrons. The first-order valence-electron chi connectivity index (χ1n) is 5.58. The van der Waals surface area contributed by atoms with Crippen molar-refractivity contribution >= 4 is 33.8 Å². The molecule has 1 saturated heterocycles. The fourth-order valence-corrected chi connectivity index (χ4v) is 2.35. The van der Waals surface area contributed by atoms with Crippen molar-refractivity contribution in [3.63, 3.8) is 0 Å². The molecular formula is C11H15BrO7. The molecule has 0 aromatic rings. The van der Waals surface area contributed by atoms with Crippen molar-refractivity contribution in [3.8, 4) is 0 Å². The first kappa shape index (κ1) is 15.9. The lowest BCUT2D eigenvalue weighted by molar-refractivity contribution is -0.165. The predicted molar refractivity (Wildman–Crippen MR) is 65.3 cm³/mol. The summed E-state index contributed by atoms with van der Waals surface area (Å²) in [5, 5.41) is -0.638. The average molecular weight is 339 g/mol. The fraction of sp³-hybridized carbons (Fsp3) is 0.727. The van der Waals surface area contributed by atoms with Crippen LogP contribution in [0.5, 0.6) is 0 Å². The summed E-state index contributed by atoms with van der Waals surface area (Å²) in [5.41, 5.74) is 0. The largest absolute Gasteiger partial charge is 0.463 e. The summed E-state index contributed by atoms with van der Waals surface area (Å²) in [6.45, 7) is 3.64. The Morgan fingerprint density at radius 3 is 2.00 bits per heavy atom. The van der Waals surface area contributed by atoms with Crippen LogP contribution < -0.4 is 0 Å². The first-order chi connectivity index (χ1) is 8.81. The number of hydrogen-bond acceptors (Lipinski definition) is 7. The van der Waals surface area contributed by atoms with Crippen LogP contribution in [0.25, 0.3) is 0 Å². The Bertz CT molecular complexity index is 370. The van der Waals surface area contributed by atoms with E-state index in [1.165, 1.54) is 20.8 Å². The van der Waals surface area contributed by atoms with E-state index in [2.05, 4.69) is 15.9 Å². The molecule has 1 aliphatic heterocycles. The minimum atomic E-state index is -0.829. The molecule has 8 heteroatoms. The van der Waals surface area contributed by atoms with Gasteiger partial charge < -0.3 is 18.9 Å². The van der Waals surface area contributed by atoms with E-state index in [-0.39, 0.29) is 6.61 Å². The summed E-state index contributed by atoms with van der Waals surface area (Å²) in [7, 11) is 0. The SMILES string of the molecule is CC(=O)OC[C@H]1O[C@@H](Br)[C@@H](OC(C)=O)[C@@H]1OC(C)=O. The van der Waals surface area contributed by atoms with Crippen LogP contribution >= 0.6 is 15.9 Å². The maximum atomic E-state index is 11.1. The number of carbonyl (C=O) groups is 3. The molecule has 7 nitrogen and oxygen atoms in total. The van der Waals surface area contributed by atoms with Crippen molar-refractivity contribution in [2.45, 2.75) is 44.1 Å². The number of hydrogen-bond donors (Lipinski definition) is 0. The smallest absolute Gasteiger partial charge is 0.303 e. The van der Waals surface area contributed by atoms with Gasteiger partial charge in [0.05, 0.1) is 0 Å². The van der Waals surface area contributed by atoms with Gasteiger partial charge in [0.15, 0.2) is 17.2 Å². The third-order valence-electron chi connectivity index (χ3n) is 2.31. The summed E-state index contributed by atoms with van der Waals surface area (Å²) in [6, 6.07) is 0. The quantitative estimate of drug-likeness (QED) is 0.419. The Balaban J connectivity index is 2.76. The monoisotopic (exact) mass is 338 g/mol. The Morgan fingerprint density at radius 1 is 1.00 bits per heavy atom. The number of rotatable bonds is 4. The van der Waals surface area contributed by atoms with E-state index in [1.54, 1.807) is 0 Å². The van der Waals surface area contributed by atoms with Crippen LogP contribution in [-0.2, 0) is 33.3 Å². The molecule has 4 atom stereocenters. The van der Waals surface area contributed by atoms with Gasteiger partial charge >= 0.3 is 17.9 Å². The van der Waals surface area contributed by atoms with Crippen LogP contribution in [0.3, 0.4) is 0 Å². The molecule has 0 saturated carbocycles. The van der Waals surface area contributed by atoms with Crippen LogP contribution in [0.15, 0.2) is 0 Å². The Morgan fingerprint density at radius 2 is 1.53 bits per heavy atom. The second kappa shape index (κ2) is 6.85. The molecule has 0 bridgehead atoms. The van der Waals surface area contributed by atoms with E-state index in [4.69, 9.17) is 18.9 Å². The third-order valence-corrected chi connectivity index (χ3v) is 3.05. The van der Waals surface area contributed by atoms with Gasteiger partial charge in [0.25, 0.3) is 0 Å². The molecule has 0 aliphatic carbocycles. The first-order valence-corrected chi connectivity index (χ1v) is 6.50. The molecule has 0 aromatic heterocycles. The van der Waals surface area contributed by atoms with Gasteiger partial charge in [0.1, 0.15) is 12.7 Å². The van der Waals surface area contributed by atoms with Crippen LogP contribution in [0.1, 0.15) is 20.8 Å². The van der Waals surface area contributed by atoms with Crippen LogP contribution in [0, 0.1) is 0 Å². The van der Waals surface area contributed by atoms with Crippen molar-refractivity contribution < 1.29 is 33.3 Å². The maximum Gasteiger partial charge on any atom is 0.303 e. The highest BCUT2D eigenvalue weighted by Gasteiger charge is 2.48. The highest BCUT2D eigenvalue weighted by Crippen LogP contribution is 2.30. The Labute approximate surface area is 118 Å². The molecule has 0 unspecified atom stereocenters. The van der Waals surface area contributed by atoms with Gasteiger partial charge in [0.2, 0.25) is 0 Å². The van der Waals surface area contributed by atoms with Gasteiger partial charge in [-0.2, -0.15) is 0 Å². The summed E-state index contributed by atoms with van der Waals surface area (Å²) in [6.07, 6.45) is -2.31. The molecule has 1 aliphatic rings. The molecule has 1 heterocycles. The van der Waals surface area contributed by atoms with Gasteiger partial charge in [-0.15, -0.1) is 0 Å². The second-order valence-electron chi connectivity index (χ2n) is 3.98.